The maximum absolute atomic E-state index is 12.7. The molecular weight excluding hydrogens is 302 g/mol. The van der Waals surface area contributed by atoms with E-state index in [-0.39, 0.29) is 18.4 Å². The molecule has 0 atom stereocenters. The summed E-state index contributed by atoms with van der Waals surface area (Å²) in [6.07, 6.45) is 3.25. The number of nitrogens with zero attached hydrogens (tertiary/aromatic N) is 2. The summed E-state index contributed by atoms with van der Waals surface area (Å²) in [7, 11) is 0. The smallest absolute Gasteiger partial charge is 0.325 e. The molecule has 3 aliphatic rings. The Bertz CT molecular complexity index is 482. The van der Waals surface area contributed by atoms with Crippen LogP contribution in [0.4, 0.5) is 4.79 Å². The summed E-state index contributed by atoms with van der Waals surface area (Å²) in [6.45, 7) is 3.46. The zero-order chi connectivity index (χ0) is 15.7. The van der Waals surface area contributed by atoms with Gasteiger partial charge in [-0.05, 0) is 31.6 Å². The van der Waals surface area contributed by atoms with Crippen molar-refractivity contribution in [2.75, 3.05) is 31.1 Å². The molecule has 0 aromatic carbocycles. The van der Waals surface area contributed by atoms with Crippen molar-refractivity contribution >= 4 is 29.6 Å². The molecule has 0 unspecified atom stereocenters. The Morgan fingerprint density at radius 2 is 1.91 bits per heavy atom. The number of thioether (sulfide) groups is 1. The summed E-state index contributed by atoms with van der Waals surface area (Å²) in [5, 5.41) is 2.86. The SMILES string of the molecule is CC1CCC2(CC1)NC(=O)N(CC(=O)N1CCSCC1)C2=O. The number of imide groups is 1. The number of carbonyl (C=O) groups is 3. The molecule has 1 N–H and O–H groups in total. The van der Waals surface area contributed by atoms with Gasteiger partial charge in [0, 0.05) is 24.6 Å². The van der Waals surface area contributed by atoms with Crippen LogP contribution in [0, 0.1) is 5.92 Å². The molecule has 1 aliphatic carbocycles. The quantitative estimate of drug-likeness (QED) is 0.771. The molecular formula is C15H23N3O3S. The van der Waals surface area contributed by atoms with Crippen LogP contribution in [0.15, 0.2) is 0 Å². The predicted octanol–water partition coefficient (Wildman–Crippen LogP) is 1.06. The Kier molecular flexibility index (Phi) is 4.34. The lowest BCUT2D eigenvalue weighted by molar-refractivity contribution is -0.139. The summed E-state index contributed by atoms with van der Waals surface area (Å²) in [4.78, 5) is 40.1. The van der Waals surface area contributed by atoms with Crippen molar-refractivity contribution < 1.29 is 14.4 Å². The first-order valence-electron chi connectivity index (χ1n) is 8.01. The van der Waals surface area contributed by atoms with Gasteiger partial charge in [-0.3, -0.25) is 14.5 Å². The number of urea groups is 1. The predicted molar refractivity (Wildman–Crippen MR) is 84.5 cm³/mol. The second-order valence-corrected chi connectivity index (χ2v) is 7.80. The molecule has 0 bridgehead atoms. The molecule has 0 aromatic rings. The molecule has 1 saturated carbocycles. The van der Waals surface area contributed by atoms with Crippen molar-refractivity contribution in [2.45, 2.75) is 38.1 Å². The van der Waals surface area contributed by atoms with E-state index in [9.17, 15) is 14.4 Å². The fourth-order valence-electron chi connectivity index (χ4n) is 3.46. The summed E-state index contributed by atoms with van der Waals surface area (Å²) >= 11 is 1.82. The number of carbonyl (C=O) groups excluding carboxylic acids is 3. The normalized spacial score (nSPS) is 32.5. The van der Waals surface area contributed by atoms with E-state index in [0.29, 0.717) is 31.8 Å². The average molecular weight is 325 g/mol. The zero-order valence-electron chi connectivity index (χ0n) is 13.0. The molecule has 7 heteroatoms. The molecule has 2 saturated heterocycles. The highest BCUT2D eigenvalue weighted by Crippen LogP contribution is 2.36. The first-order valence-corrected chi connectivity index (χ1v) is 9.17. The summed E-state index contributed by atoms with van der Waals surface area (Å²) in [5.74, 6) is 2.12. The fraction of sp³-hybridized carbons (Fsp3) is 0.800. The summed E-state index contributed by atoms with van der Waals surface area (Å²) in [6, 6.07) is -0.403. The standard InChI is InChI=1S/C15H23N3O3S/c1-11-2-4-15(5-3-11)13(20)18(14(21)16-15)10-12(19)17-6-8-22-9-7-17/h11H,2-10H2,1H3,(H,16,21). The van der Waals surface area contributed by atoms with Crippen molar-refractivity contribution in [3.63, 3.8) is 0 Å². The van der Waals surface area contributed by atoms with E-state index in [1.54, 1.807) is 4.90 Å². The van der Waals surface area contributed by atoms with Crippen LogP contribution in [0.2, 0.25) is 0 Å². The van der Waals surface area contributed by atoms with Crippen LogP contribution in [-0.4, -0.2) is 64.3 Å². The molecule has 0 aromatic heterocycles. The minimum Gasteiger partial charge on any atom is -0.339 e. The van der Waals surface area contributed by atoms with Gasteiger partial charge in [0.15, 0.2) is 0 Å². The molecule has 1 spiro atoms. The van der Waals surface area contributed by atoms with Crippen molar-refractivity contribution in [1.82, 2.24) is 15.1 Å². The molecule has 0 radical (unpaired) electrons. The van der Waals surface area contributed by atoms with Crippen LogP contribution >= 0.6 is 11.8 Å². The number of amides is 4. The highest BCUT2D eigenvalue weighted by atomic mass is 32.2. The van der Waals surface area contributed by atoms with Crippen LogP contribution in [0.1, 0.15) is 32.6 Å². The third kappa shape index (κ3) is 2.83. The van der Waals surface area contributed by atoms with E-state index in [4.69, 9.17) is 0 Å². The van der Waals surface area contributed by atoms with Gasteiger partial charge in [-0.25, -0.2) is 4.79 Å². The Labute approximate surface area is 135 Å². The van der Waals surface area contributed by atoms with Gasteiger partial charge in [0.05, 0.1) is 0 Å². The van der Waals surface area contributed by atoms with Crippen molar-refractivity contribution in [3.8, 4) is 0 Å². The van der Waals surface area contributed by atoms with Crippen LogP contribution < -0.4 is 5.32 Å². The molecule has 4 amide bonds. The lowest BCUT2D eigenvalue weighted by Crippen LogP contribution is -2.50. The van der Waals surface area contributed by atoms with Crippen LogP contribution in [-0.2, 0) is 9.59 Å². The molecule has 6 nitrogen and oxygen atoms in total. The average Bonchev–Trinajstić information content (AvgIpc) is 2.76. The molecule has 122 valence electrons. The number of hydrogen-bond acceptors (Lipinski definition) is 4. The van der Waals surface area contributed by atoms with Crippen molar-refractivity contribution in [2.24, 2.45) is 5.92 Å². The number of rotatable bonds is 2. The monoisotopic (exact) mass is 325 g/mol. The van der Waals surface area contributed by atoms with Gasteiger partial charge >= 0.3 is 6.03 Å². The Balaban J connectivity index is 1.65. The maximum Gasteiger partial charge on any atom is 0.325 e. The van der Waals surface area contributed by atoms with Crippen LogP contribution in [0.3, 0.4) is 0 Å². The Hall–Kier alpha value is -1.24. The molecule has 22 heavy (non-hydrogen) atoms. The minimum absolute atomic E-state index is 0.118. The van der Waals surface area contributed by atoms with Gasteiger partial charge in [-0.1, -0.05) is 6.92 Å². The molecule has 2 aliphatic heterocycles. The van der Waals surface area contributed by atoms with E-state index >= 15 is 0 Å². The maximum atomic E-state index is 12.7. The van der Waals surface area contributed by atoms with Gasteiger partial charge in [-0.15, -0.1) is 0 Å². The van der Waals surface area contributed by atoms with Crippen molar-refractivity contribution in [3.05, 3.63) is 0 Å². The highest BCUT2D eigenvalue weighted by molar-refractivity contribution is 7.99. The highest BCUT2D eigenvalue weighted by Gasteiger charge is 2.52. The number of hydrogen-bond donors (Lipinski definition) is 1. The van der Waals surface area contributed by atoms with Crippen molar-refractivity contribution in [1.29, 1.82) is 0 Å². The van der Waals surface area contributed by atoms with Gasteiger partial charge in [-0.2, -0.15) is 11.8 Å². The Morgan fingerprint density at radius 1 is 1.27 bits per heavy atom. The van der Waals surface area contributed by atoms with Gasteiger partial charge in [0.2, 0.25) is 5.91 Å². The lowest BCUT2D eigenvalue weighted by atomic mass is 9.77. The third-order valence-corrected chi connectivity index (χ3v) is 5.97. The summed E-state index contributed by atoms with van der Waals surface area (Å²) in [5.41, 5.74) is -0.748. The number of nitrogens with one attached hydrogen (secondary N) is 1. The lowest BCUT2D eigenvalue weighted by Gasteiger charge is -2.33. The molecule has 2 heterocycles. The third-order valence-electron chi connectivity index (χ3n) is 5.03. The van der Waals surface area contributed by atoms with Gasteiger partial charge in [0.25, 0.3) is 5.91 Å². The second kappa shape index (κ2) is 6.10. The first-order chi connectivity index (χ1) is 10.5. The molecule has 3 fully saturated rings. The van der Waals surface area contributed by atoms with E-state index < -0.39 is 11.6 Å². The van der Waals surface area contributed by atoms with Crippen LogP contribution in [0.5, 0.6) is 0 Å². The van der Waals surface area contributed by atoms with E-state index in [0.717, 1.165) is 29.2 Å². The molecule has 3 rings (SSSR count). The van der Waals surface area contributed by atoms with Gasteiger partial charge < -0.3 is 10.2 Å². The fourth-order valence-corrected chi connectivity index (χ4v) is 4.36. The van der Waals surface area contributed by atoms with E-state index in [1.807, 2.05) is 11.8 Å². The van der Waals surface area contributed by atoms with E-state index in [2.05, 4.69) is 12.2 Å². The van der Waals surface area contributed by atoms with E-state index in [1.165, 1.54) is 0 Å². The Morgan fingerprint density at radius 3 is 2.55 bits per heavy atom. The second-order valence-electron chi connectivity index (χ2n) is 6.58. The van der Waals surface area contributed by atoms with Crippen LogP contribution in [0.25, 0.3) is 0 Å². The van der Waals surface area contributed by atoms with Gasteiger partial charge in [0.1, 0.15) is 12.1 Å². The summed E-state index contributed by atoms with van der Waals surface area (Å²) < 4.78 is 0. The topological polar surface area (TPSA) is 69.7 Å². The largest absolute Gasteiger partial charge is 0.339 e. The zero-order valence-corrected chi connectivity index (χ0v) is 13.8. The minimum atomic E-state index is -0.748. The first kappa shape index (κ1) is 15.6.